The summed E-state index contributed by atoms with van der Waals surface area (Å²) >= 11 is 1.58. The monoisotopic (exact) mass is 277 g/mol. The van der Waals surface area contributed by atoms with Gasteiger partial charge in [-0.15, -0.1) is 11.8 Å². The molecular formula is C15H16FNOS. The maximum Gasteiger partial charge on any atom is 0.124 e. The second-order valence-corrected chi connectivity index (χ2v) is 5.82. The Balaban J connectivity index is 1.51. The van der Waals surface area contributed by atoms with Crippen molar-refractivity contribution in [1.29, 1.82) is 0 Å². The molecule has 1 aliphatic carbocycles. The summed E-state index contributed by atoms with van der Waals surface area (Å²) in [5.74, 6) is 2.44. The zero-order valence-corrected chi connectivity index (χ0v) is 11.4. The summed E-state index contributed by atoms with van der Waals surface area (Å²) in [5, 5.41) is 3.42. The second-order valence-electron chi connectivity index (χ2n) is 4.77. The maximum absolute atomic E-state index is 13.0. The van der Waals surface area contributed by atoms with Crippen molar-refractivity contribution in [3.05, 3.63) is 53.7 Å². The molecule has 0 radical (unpaired) electrons. The van der Waals surface area contributed by atoms with E-state index in [2.05, 4.69) is 5.32 Å². The molecule has 0 unspecified atom stereocenters. The van der Waals surface area contributed by atoms with Gasteiger partial charge in [0.2, 0.25) is 0 Å². The molecular weight excluding hydrogens is 261 g/mol. The molecule has 1 heterocycles. The van der Waals surface area contributed by atoms with Gasteiger partial charge in [0.15, 0.2) is 0 Å². The van der Waals surface area contributed by atoms with Crippen LogP contribution in [0.1, 0.15) is 24.4 Å². The molecule has 0 atom stereocenters. The predicted molar refractivity (Wildman–Crippen MR) is 74.5 cm³/mol. The minimum absolute atomic E-state index is 0.196. The fraction of sp³-hybridized carbons (Fsp3) is 0.333. The summed E-state index contributed by atoms with van der Waals surface area (Å²) in [7, 11) is 0. The summed E-state index contributed by atoms with van der Waals surface area (Å²) in [6, 6.07) is 11.3. The Hall–Kier alpha value is -1.26. The van der Waals surface area contributed by atoms with Crippen LogP contribution in [0.4, 0.5) is 4.39 Å². The Morgan fingerprint density at radius 1 is 1.21 bits per heavy atom. The second kappa shape index (κ2) is 5.80. The van der Waals surface area contributed by atoms with Gasteiger partial charge < -0.3 is 9.73 Å². The van der Waals surface area contributed by atoms with Crippen LogP contribution < -0.4 is 5.32 Å². The van der Waals surface area contributed by atoms with Gasteiger partial charge >= 0.3 is 0 Å². The number of hydrogen-bond acceptors (Lipinski definition) is 3. The van der Waals surface area contributed by atoms with Gasteiger partial charge in [-0.1, -0.05) is 6.07 Å². The molecule has 0 spiro atoms. The number of halogens is 1. The van der Waals surface area contributed by atoms with E-state index in [-0.39, 0.29) is 5.82 Å². The van der Waals surface area contributed by atoms with Crippen LogP contribution in [0.5, 0.6) is 0 Å². The third-order valence-electron chi connectivity index (χ3n) is 3.04. The van der Waals surface area contributed by atoms with Gasteiger partial charge in [-0.3, -0.25) is 0 Å². The van der Waals surface area contributed by atoms with E-state index in [4.69, 9.17) is 4.42 Å². The summed E-state index contributed by atoms with van der Waals surface area (Å²) in [6.07, 6.45) is 2.56. The van der Waals surface area contributed by atoms with Gasteiger partial charge in [-0.25, -0.2) is 4.39 Å². The van der Waals surface area contributed by atoms with Gasteiger partial charge in [0.1, 0.15) is 17.3 Å². The third kappa shape index (κ3) is 3.85. The molecule has 1 N–H and O–H groups in total. The minimum Gasteiger partial charge on any atom is -0.464 e. The lowest BCUT2D eigenvalue weighted by Gasteiger charge is -2.00. The molecule has 3 rings (SSSR count). The lowest BCUT2D eigenvalue weighted by atomic mass is 10.4. The number of hydrogen-bond donors (Lipinski definition) is 1. The molecule has 0 bridgehead atoms. The average Bonchev–Trinajstić information content (AvgIpc) is 3.13. The van der Waals surface area contributed by atoms with Crippen LogP contribution in [0.15, 0.2) is 45.7 Å². The number of rotatable bonds is 6. The first-order valence-corrected chi connectivity index (χ1v) is 7.47. The van der Waals surface area contributed by atoms with Gasteiger partial charge in [-0.05, 0) is 43.2 Å². The van der Waals surface area contributed by atoms with E-state index < -0.39 is 0 Å². The highest BCUT2D eigenvalue weighted by molar-refractivity contribution is 7.98. The first kappa shape index (κ1) is 12.8. The van der Waals surface area contributed by atoms with Crippen molar-refractivity contribution < 1.29 is 8.81 Å². The zero-order valence-electron chi connectivity index (χ0n) is 10.6. The Bertz CT molecular complexity index is 551. The van der Waals surface area contributed by atoms with Crippen molar-refractivity contribution in [2.75, 3.05) is 0 Å². The summed E-state index contributed by atoms with van der Waals surface area (Å²) in [5.41, 5.74) is 0. The molecule has 1 aliphatic rings. The fourth-order valence-electron chi connectivity index (χ4n) is 1.84. The van der Waals surface area contributed by atoms with Crippen LogP contribution >= 0.6 is 11.8 Å². The Morgan fingerprint density at radius 3 is 2.84 bits per heavy atom. The number of furan rings is 1. The van der Waals surface area contributed by atoms with Crippen molar-refractivity contribution in [3.63, 3.8) is 0 Å². The van der Waals surface area contributed by atoms with E-state index in [1.54, 1.807) is 23.9 Å². The molecule has 2 nitrogen and oxygen atoms in total. The van der Waals surface area contributed by atoms with Gasteiger partial charge in [0.25, 0.3) is 0 Å². The molecule has 1 aromatic carbocycles. The quantitative estimate of drug-likeness (QED) is 0.809. The Labute approximate surface area is 116 Å². The molecule has 0 aliphatic heterocycles. The molecule has 4 heteroatoms. The van der Waals surface area contributed by atoms with E-state index in [1.165, 1.54) is 18.9 Å². The summed E-state index contributed by atoms with van der Waals surface area (Å²) in [6.45, 7) is 0.801. The van der Waals surface area contributed by atoms with E-state index in [0.29, 0.717) is 6.04 Å². The molecule has 1 saturated carbocycles. The maximum atomic E-state index is 13.0. The van der Waals surface area contributed by atoms with Crippen LogP contribution in [0.25, 0.3) is 0 Å². The van der Waals surface area contributed by atoms with Gasteiger partial charge in [-0.2, -0.15) is 0 Å². The minimum atomic E-state index is -0.196. The first-order chi connectivity index (χ1) is 9.29. The zero-order chi connectivity index (χ0) is 13.1. The third-order valence-corrected chi connectivity index (χ3v) is 4.05. The number of nitrogens with one attached hydrogen (secondary N) is 1. The predicted octanol–water partition coefficient (Wildman–Crippen LogP) is 3.96. The number of thioether (sulfide) groups is 1. The molecule has 19 heavy (non-hydrogen) atoms. The van der Waals surface area contributed by atoms with Crippen molar-refractivity contribution in [3.8, 4) is 0 Å². The smallest absolute Gasteiger partial charge is 0.124 e. The largest absolute Gasteiger partial charge is 0.464 e. The normalized spacial score (nSPS) is 14.8. The lowest BCUT2D eigenvalue weighted by Crippen LogP contribution is -2.14. The van der Waals surface area contributed by atoms with E-state index >= 15 is 0 Å². The molecule has 2 aromatic rings. The standard InChI is InChI=1S/C15H16FNOS/c16-11-2-1-3-15(8-11)19-10-14-7-6-13(18-14)9-17-12-4-5-12/h1-3,6-8,12,17H,4-5,9-10H2. The fourth-order valence-corrected chi connectivity index (χ4v) is 2.67. The van der Waals surface area contributed by atoms with E-state index in [0.717, 1.165) is 28.7 Å². The summed E-state index contributed by atoms with van der Waals surface area (Å²) in [4.78, 5) is 0.925. The Kier molecular flexibility index (Phi) is 3.89. The highest BCUT2D eigenvalue weighted by atomic mass is 32.2. The van der Waals surface area contributed by atoms with Crippen LogP contribution in [0, 0.1) is 5.82 Å². The highest BCUT2D eigenvalue weighted by Gasteiger charge is 2.20. The first-order valence-electron chi connectivity index (χ1n) is 6.49. The van der Waals surface area contributed by atoms with Crippen LogP contribution in [0.3, 0.4) is 0 Å². The van der Waals surface area contributed by atoms with Gasteiger partial charge in [0, 0.05) is 10.9 Å². The summed E-state index contributed by atoms with van der Waals surface area (Å²) < 4.78 is 18.8. The van der Waals surface area contributed by atoms with Crippen LogP contribution in [0.2, 0.25) is 0 Å². The molecule has 1 fully saturated rings. The molecule has 0 amide bonds. The number of benzene rings is 1. The van der Waals surface area contributed by atoms with Crippen molar-refractivity contribution >= 4 is 11.8 Å². The topological polar surface area (TPSA) is 25.2 Å². The van der Waals surface area contributed by atoms with Crippen LogP contribution in [-0.4, -0.2) is 6.04 Å². The SMILES string of the molecule is Fc1cccc(SCc2ccc(CNC3CC3)o2)c1. The molecule has 0 saturated heterocycles. The van der Waals surface area contributed by atoms with Crippen LogP contribution in [-0.2, 0) is 12.3 Å². The molecule has 100 valence electrons. The average molecular weight is 277 g/mol. The van der Waals surface area contributed by atoms with Crippen molar-refractivity contribution in [1.82, 2.24) is 5.32 Å². The van der Waals surface area contributed by atoms with Crippen molar-refractivity contribution in [2.24, 2.45) is 0 Å². The van der Waals surface area contributed by atoms with Gasteiger partial charge in [0.05, 0.1) is 12.3 Å². The van der Waals surface area contributed by atoms with E-state index in [9.17, 15) is 4.39 Å². The van der Waals surface area contributed by atoms with E-state index in [1.807, 2.05) is 18.2 Å². The molecule has 1 aromatic heterocycles. The van der Waals surface area contributed by atoms with Crippen molar-refractivity contribution in [2.45, 2.75) is 36.1 Å². The highest BCUT2D eigenvalue weighted by Crippen LogP contribution is 2.25. The lowest BCUT2D eigenvalue weighted by molar-refractivity contribution is 0.458. The Morgan fingerprint density at radius 2 is 2.05 bits per heavy atom.